The van der Waals surface area contributed by atoms with Gasteiger partial charge in [-0.2, -0.15) is 0 Å². The summed E-state index contributed by atoms with van der Waals surface area (Å²) in [6.45, 7) is 7.96. The summed E-state index contributed by atoms with van der Waals surface area (Å²) in [4.78, 5) is 15.1. The zero-order valence-corrected chi connectivity index (χ0v) is 16.1. The van der Waals surface area contributed by atoms with Gasteiger partial charge in [0, 0.05) is 5.56 Å². The number of ether oxygens (including phenoxy) is 3. The van der Waals surface area contributed by atoms with E-state index < -0.39 is 5.79 Å². The molecular weight excluding hydrogens is 342 g/mol. The Morgan fingerprint density at radius 1 is 1.07 bits per heavy atom. The molecule has 27 heavy (non-hydrogen) atoms. The molecule has 5 nitrogen and oxygen atoms in total. The van der Waals surface area contributed by atoms with Crippen molar-refractivity contribution in [3.05, 3.63) is 58.7 Å². The highest BCUT2D eigenvalue weighted by Crippen LogP contribution is 2.47. The normalized spacial score (nSPS) is 18.0. The van der Waals surface area contributed by atoms with Gasteiger partial charge in [-0.05, 0) is 56.5 Å². The van der Waals surface area contributed by atoms with Crippen molar-refractivity contribution in [3.63, 3.8) is 0 Å². The number of nitrogens with zero attached hydrogens (tertiary/aromatic N) is 1. The molecule has 0 N–H and O–H groups in total. The standard InChI is InChI=1S/C22H25NO4/c1-15-6-4-7-18(13-15)25-11-8-23-20-17(3)12-16(2)14-19(20)22(21(23)24)26-9-5-10-27-22/h4,6-7,12-14H,5,8-11H2,1-3H3. The largest absolute Gasteiger partial charge is 0.492 e. The van der Waals surface area contributed by atoms with Crippen LogP contribution in [0.15, 0.2) is 36.4 Å². The van der Waals surface area contributed by atoms with Crippen LogP contribution < -0.4 is 9.64 Å². The van der Waals surface area contributed by atoms with Crippen LogP contribution in [-0.4, -0.2) is 32.3 Å². The Morgan fingerprint density at radius 3 is 2.59 bits per heavy atom. The smallest absolute Gasteiger partial charge is 0.292 e. The van der Waals surface area contributed by atoms with Crippen LogP contribution in [0, 0.1) is 20.8 Å². The fourth-order valence-corrected chi connectivity index (χ4v) is 3.95. The predicted molar refractivity (Wildman–Crippen MR) is 103 cm³/mol. The second kappa shape index (κ2) is 6.98. The number of carbonyl (C=O) groups excluding carboxylic acids is 1. The maximum absolute atomic E-state index is 13.3. The van der Waals surface area contributed by atoms with Gasteiger partial charge in [0.25, 0.3) is 11.7 Å². The second-order valence-electron chi connectivity index (χ2n) is 7.27. The first-order valence-corrected chi connectivity index (χ1v) is 9.42. The summed E-state index contributed by atoms with van der Waals surface area (Å²) in [5.74, 6) is -0.644. The Kier molecular flexibility index (Phi) is 4.66. The molecule has 0 bridgehead atoms. The Balaban J connectivity index is 1.61. The Morgan fingerprint density at radius 2 is 1.85 bits per heavy atom. The summed E-state index contributed by atoms with van der Waals surface area (Å²) >= 11 is 0. The zero-order valence-electron chi connectivity index (χ0n) is 16.1. The number of rotatable bonds is 4. The van der Waals surface area contributed by atoms with E-state index in [0.717, 1.165) is 40.1 Å². The zero-order chi connectivity index (χ0) is 19.0. The molecule has 4 rings (SSSR count). The number of anilines is 1. The Bertz CT molecular complexity index is 871. The molecule has 2 aromatic carbocycles. The number of aryl methyl sites for hydroxylation is 3. The molecule has 142 valence electrons. The molecule has 1 spiro atoms. The molecule has 0 atom stereocenters. The molecular formula is C22H25NO4. The van der Waals surface area contributed by atoms with Gasteiger partial charge in [0.1, 0.15) is 12.4 Å². The lowest BCUT2D eigenvalue weighted by Gasteiger charge is -2.32. The first kappa shape index (κ1) is 18.0. The van der Waals surface area contributed by atoms with Crippen molar-refractivity contribution < 1.29 is 19.0 Å². The molecule has 2 aliphatic rings. The molecule has 0 unspecified atom stereocenters. The third-order valence-corrected chi connectivity index (χ3v) is 5.07. The minimum Gasteiger partial charge on any atom is -0.492 e. The van der Waals surface area contributed by atoms with E-state index in [4.69, 9.17) is 14.2 Å². The molecule has 1 amide bonds. The third-order valence-electron chi connectivity index (χ3n) is 5.07. The monoisotopic (exact) mass is 367 g/mol. The number of carbonyl (C=O) groups is 1. The van der Waals surface area contributed by atoms with Gasteiger partial charge in [0.05, 0.1) is 25.4 Å². The van der Waals surface area contributed by atoms with Crippen molar-refractivity contribution in [1.82, 2.24) is 0 Å². The summed E-state index contributed by atoms with van der Waals surface area (Å²) in [6, 6.07) is 12.0. The number of amides is 1. The minimum atomic E-state index is -1.30. The number of hydrogen-bond acceptors (Lipinski definition) is 4. The van der Waals surface area contributed by atoms with Crippen molar-refractivity contribution >= 4 is 11.6 Å². The van der Waals surface area contributed by atoms with Crippen LogP contribution in [0.3, 0.4) is 0 Å². The van der Waals surface area contributed by atoms with Crippen LogP contribution in [0.25, 0.3) is 0 Å². The lowest BCUT2D eigenvalue weighted by molar-refractivity contribution is -0.256. The van der Waals surface area contributed by atoms with Crippen molar-refractivity contribution in [1.29, 1.82) is 0 Å². The molecule has 0 aliphatic carbocycles. The average Bonchev–Trinajstić information content (AvgIpc) is 2.86. The van der Waals surface area contributed by atoms with Gasteiger partial charge in [0.15, 0.2) is 0 Å². The summed E-state index contributed by atoms with van der Waals surface area (Å²) in [6.07, 6.45) is 0.797. The van der Waals surface area contributed by atoms with Crippen LogP contribution >= 0.6 is 0 Å². The van der Waals surface area contributed by atoms with Crippen LogP contribution in [0.2, 0.25) is 0 Å². The number of benzene rings is 2. The molecule has 2 heterocycles. The van der Waals surface area contributed by atoms with Gasteiger partial charge in [-0.25, -0.2) is 0 Å². The highest BCUT2D eigenvalue weighted by molar-refractivity contribution is 6.07. The highest BCUT2D eigenvalue weighted by Gasteiger charge is 2.55. The van der Waals surface area contributed by atoms with Crippen molar-refractivity contribution in [2.75, 3.05) is 31.3 Å². The van der Waals surface area contributed by atoms with Gasteiger partial charge >= 0.3 is 0 Å². The topological polar surface area (TPSA) is 48.0 Å². The molecule has 1 saturated heterocycles. The van der Waals surface area contributed by atoms with Crippen LogP contribution in [0.4, 0.5) is 5.69 Å². The molecule has 1 fully saturated rings. The van der Waals surface area contributed by atoms with Gasteiger partial charge in [-0.3, -0.25) is 4.79 Å². The molecule has 2 aromatic rings. The fourth-order valence-electron chi connectivity index (χ4n) is 3.95. The quantitative estimate of drug-likeness (QED) is 0.828. The first-order valence-electron chi connectivity index (χ1n) is 9.42. The van der Waals surface area contributed by atoms with Crippen LogP contribution in [0.1, 0.15) is 28.7 Å². The van der Waals surface area contributed by atoms with Gasteiger partial charge in [0.2, 0.25) is 0 Å². The molecule has 0 saturated carbocycles. The van der Waals surface area contributed by atoms with E-state index in [-0.39, 0.29) is 5.91 Å². The van der Waals surface area contributed by atoms with Gasteiger partial charge < -0.3 is 19.1 Å². The Hall–Kier alpha value is -2.37. The first-order chi connectivity index (χ1) is 13.0. The van der Waals surface area contributed by atoms with Crippen LogP contribution in [0.5, 0.6) is 5.75 Å². The lowest BCUT2D eigenvalue weighted by atomic mass is 10.00. The summed E-state index contributed by atoms with van der Waals surface area (Å²) < 4.78 is 17.7. The van der Waals surface area contributed by atoms with Crippen molar-refractivity contribution in [3.8, 4) is 5.75 Å². The van der Waals surface area contributed by atoms with E-state index in [0.29, 0.717) is 26.4 Å². The maximum atomic E-state index is 13.3. The predicted octanol–water partition coefficient (Wildman–Crippen LogP) is 3.63. The van der Waals surface area contributed by atoms with E-state index in [1.807, 2.05) is 51.1 Å². The van der Waals surface area contributed by atoms with E-state index in [9.17, 15) is 4.79 Å². The van der Waals surface area contributed by atoms with Gasteiger partial charge in [-0.15, -0.1) is 0 Å². The maximum Gasteiger partial charge on any atom is 0.292 e. The molecule has 0 aromatic heterocycles. The van der Waals surface area contributed by atoms with E-state index >= 15 is 0 Å². The number of fused-ring (bicyclic) bond motifs is 2. The second-order valence-corrected chi connectivity index (χ2v) is 7.27. The lowest BCUT2D eigenvalue weighted by Crippen LogP contribution is -2.48. The van der Waals surface area contributed by atoms with Crippen LogP contribution in [-0.2, 0) is 20.1 Å². The molecule has 0 radical (unpaired) electrons. The van der Waals surface area contributed by atoms with E-state index in [1.54, 1.807) is 4.90 Å². The number of hydrogen-bond donors (Lipinski definition) is 0. The average molecular weight is 367 g/mol. The fraction of sp³-hybridized carbons (Fsp3) is 0.409. The summed E-state index contributed by atoms with van der Waals surface area (Å²) in [5.41, 5.74) is 4.99. The SMILES string of the molecule is Cc1cccc(OCCN2C(=O)C3(OCCCO3)c3cc(C)cc(C)c32)c1. The third kappa shape index (κ3) is 3.11. The van der Waals surface area contributed by atoms with Crippen molar-refractivity contribution in [2.45, 2.75) is 33.0 Å². The summed E-state index contributed by atoms with van der Waals surface area (Å²) in [5, 5.41) is 0. The van der Waals surface area contributed by atoms with E-state index in [2.05, 4.69) is 6.07 Å². The Labute approximate surface area is 159 Å². The van der Waals surface area contributed by atoms with Crippen molar-refractivity contribution in [2.24, 2.45) is 0 Å². The van der Waals surface area contributed by atoms with Gasteiger partial charge in [-0.1, -0.05) is 23.8 Å². The summed E-state index contributed by atoms with van der Waals surface area (Å²) in [7, 11) is 0. The molecule has 5 heteroatoms. The van der Waals surface area contributed by atoms with E-state index in [1.165, 1.54) is 0 Å². The highest BCUT2D eigenvalue weighted by atomic mass is 16.7. The molecule has 2 aliphatic heterocycles. The minimum absolute atomic E-state index is 0.154.